The van der Waals surface area contributed by atoms with Gasteiger partial charge >= 0.3 is 5.97 Å². The maximum atomic E-state index is 12.9. The number of allylic oxidation sites excluding steroid dienone is 1. The number of nitrogens with two attached hydrogens (primary N) is 2. The molecule has 40 heavy (non-hydrogen) atoms. The van der Waals surface area contributed by atoms with Gasteiger partial charge in [0, 0.05) is 11.1 Å². The molecule has 0 fully saturated rings. The molecule has 0 bridgehead atoms. The monoisotopic (exact) mass is 531 g/mol. The van der Waals surface area contributed by atoms with Crippen LogP contribution in [0.1, 0.15) is 44.6 Å². The van der Waals surface area contributed by atoms with Crippen molar-refractivity contribution in [3.63, 3.8) is 0 Å². The fourth-order valence-corrected chi connectivity index (χ4v) is 4.89. The predicted molar refractivity (Wildman–Crippen MR) is 160 cm³/mol. The van der Waals surface area contributed by atoms with Crippen LogP contribution in [0.25, 0.3) is 16.7 Å². The number of nitrogens with one attached hydrogen (secondary N) is 1. The number of methoxy groups -OCH3 is 1. The summed E-state index contributed by atoms with van der Waals surface area (Å²) in [6.45, 7) is 2.05. The van der Waals surface area contributed by atoms with Gasteiger partial charge in [0.2, 0.25) is 5.91 Å². The Balaban J connectivity index is 1.81. The Morgan fingerprint density at radius 3 is 2.23 bits per heavy atom. The van der Waals surface area contributed by atoms with Gasteiger partial charge in [-0.15, -0.1) is 0 Å². The minimum Gasteiger partial charge on any atom is -0.469 e. The van der Waals surface area contributed by atoms with Gasteiger partial charge in [0.15, 0.2) is 0 Å². The molecule has 202 valence electrons. The lowest BCUT2D eigenvalue weighted by atomic mass is 9.87. The summed E-state index contributed by atoms with van der Waals surface area (Å²) in [4.78, 5) is 25.5. The molecule has 6 heteroatoms. The number of amidine groups is 1. The third-order valence-corrected chi connectivity index (χ3v) is 6.98. The molecule has 0 aliphatic carbocycles. The number of esters is 1. The quantitative estimate of drug-likeness (QED) is 0.134. The van der Waals surface area contributed by atoms with Gasteiger partial charge < -0.3 is 16.2 Å². The predicted octanol–water partition coefficient (Wildman–Crippen LogP) is 5.90. The minimum absolute atomic E-state index is 0.0322. The Labute approximate surface area is 234 Å². The number of hydrogen-bond donors (Lipinski definition) is 3. The van der Waals surface area contributed by atoms with E-state index in [0.717, 1.165) is 33.4 Å². The van der Waals surface area contributed by atoms with Gasteiger partial charge in [-0.05, 0) is 76.9 Å². The summed E-state index contributed by atoms with van der Waals surface area (Å²) in [7, 11) is 1.38. The number of ether oxygens (including phenoxy) is 1. The average molecular weight is 532 g/mol. The van der Waals surface area contributed by atoms with Gasteiger partial charge in [-0.25, -0.2) is 0 Å². The average Bonchev–Trinajstić information content (AvgIpc) is 2.97. The summed E-state index contributed by atoms with van der Waals surface area (Å²) in [5, 5.41) is 7.75. The normalized spacial score (nSPS) is 12.0. The highest BCUT2D eigenvalue weighted by Crippen LogP contribution is 2.33. The van der Waals surface area contributed by atoms with E-state index >= 15 is 0 Å². The standard InChI is InChI=1S/C34H33N3O3/c1-22-9-6-7-14-28(22)25-15-18-30(33(37)38)31(21-25)29(24-11-4-3-5-12-24)17-16-27(34(39)40-2)20-23-10-8-13-26(19-23)32(35)36/h3-15,17-19,21,27H,16,20H2,1-2H3,(H3,35,36)(H2,37,38)/b29-17-. The van der Waals surface area contributed by atoms with Crippen LogP contribution in [0.15, 0.2) is 103 Å². The van der Waals surface area contributed by atoms with Crippen LogP contribution in [0.2, 0.25) is 0 Å². The molecule has 0 radical (unpaired) electrons. The Hall–Kier alpha value is -4.97. The Kier molecular flexibility index (Phi) is 8.92. The third kappa shape index (κ3) is 6.53. The second-order valence-electron chi connectivity index (χ2n) is 9.70. The lowest BCUT2D eigenvalue weighted by Gasteiger charge is -2.18. The van der Waals surface area contributed by atoms with Crippen molar-refractivity contribution in [2.75, 3.05) is 7.11 Å². The number of hydrogen-bond acceptors (Lipinski definition) is 4. The zero-order chi connectivity index (χ0) is 28.6. The zero-order valence-corrected chi connectivity index (χ0v) is 22.7. The van der Waals surface area contributed by atoms with Gasteiger partial charge in [0.1, 0.15) is 5.84 Å². The summed E-state index contributed by atoms with van der Waals surface area (Å²) in [5.41, 5.74) is 18.9. The van der Waals surface area contributed by atoms with E-state index in [1.54, 1.807) is 12.1 Å². The summed E-state index contributed by atoms with van der Waals surface area (Å²) in [6, 6.07) is 30.8. The topological polar surface area (TPSA) is 119 Å². The van der Waals surface area contributed by atoms with E-state index in [0.29, 0.717) is 29.5 Å². The first-order valence-electron chi connectivity index (χ1n) is 13.1. The Morgan fingerprint density at radius 2 is 1.55 bits per heavy atom. The van der Waals surface area contributed by atoms with Crippen molar-refractivity contribution >= 4 is 23.3 Å². The molecule has 4 rings (SSSR count). The van der Waals surface area contributed by atoms with Crippen LogP contribution in [0.5, 0.6) is 0 Å². The van der Waals surface area contributed by atoms with Crippen LogP contribution >= 0.6 is 0 Å². The molecule has 1 amide bonds. The van der Waals surface area contributed by atoms with Gasteiger partial charge in [-0.2, -0.15) is 0 Å². The lowest BCUT2D eigenvalue weighted by molar-refractivity contribution is -0.145. The van der Waals surface area contributed by atoms with Crippen molar-refractivity contribution in [2.24, 2.45) is 17.4 Å². The number of nitrogen functional groups attached to an aromatic ring is 1. The van der Waals surface area contributed by atoms with Crippen molar-refractivity contribution in [1.82, 2.24) is 0 Å². The van der Waals surface area contributed by atoms with E-state index in [-0.39, 0.29) is 11.8 Å². The number of primary amides is 1. The molecule has 1 unspecified atom stereocenters. The number of rotatable bonds is 10. The first-order chi connectivity index (χ1) is 19.3. The third-order valence-electron chi connectivity index (χ3n) is 6.98. The number of carbonyl (C=O) groups is 2. The Morgan fingerprint density at radius 1 is 0.850 bits per heavy atom. The second-order valence-corrected chi connectivity index (χ2v) is 9.70. The maximum absolute atomic E-state index is 12.9. The Bertz CT molecular complexity index is 1570. The molecule has 0 aromatic heterocycles. The highest BCUT2D eigenvalue weighted by atomic mass is 16.5. The lowest BCUT2D eigenvalue weighted by Crippen LogP contribution is -2.19. The van der Waals surface area contributed by atoms with Gasteiger partial charge in [-0.3, -0.25) is 15.0 Å². The summed E-state index contributed by atoms with van der Waals surface area (Å²) < 4.78 is 5.15. The molecule has 6 nitrogen and oxygen atoms in total. The molecule has 0 saturated heterocycles. The van der Waals surface area contributed by atoms with E-state index in [1.807, 2.05) is 97.9 Å². The molecule has 0 heterocycles. The van der Waals surface area contributed by atoms with E-state index < -0.39 is 11.8 Å². The van der Waals surface area contributed by atoms with Crippen LogP contribution in [-0.4, -0.2) is 24.8 Å². The number of amides is 1. The highest BCUT2D eigenvalue weighted by Gasteiger charge is 2.21. The van der Waals surface area contributed by atoms with E-state index in [2.05, 4.69) is 0 Å². The van der Waals surface area contributed by atoms with Crippen molar-refractivity contribution < 1.29 is 14.3 Å². The van der Waals surface area contributed by atoms with Crippen LogP contribution in [0.3, 0.4) is 0 Å². The molecule has 0 spiro atoms. The fourth-order valence-electron chi connectivity index (χ4n) is 4.89. The van der Waals surface area contributed by atoms with Crippen molar-refractivity contribution in [1.29, 1.82) is 5.41 Å². The van der Waals surface area contributed by atoms with Gasteiger partial charge in [0.05, 0.1) is 13.0 Å². The SMILES string of the molecule is COC(=O)C(C/C=C(/c1ccccc1)c1cc(-c2ccccc2C)ccc1C(N)=O)Cc1cccc(C(=N)N)c1. The van der Waals surface area contributed by atoms with Crippen molar-refractivity contribution in [3.8, 4) is 11.1 Å². The molecule has 4 aromatic rings. The zero-order valence-electron chi connectivity index (χ0n) is 22.7. The van der Waals surface area contributed by atoms with Crippen molar-refractivity contribution in [3.05, 3.63) is 137 Å². The van der Waals surface area contributed by atoms with Crippen molar-refractivity contribution in [2.45, 2.75) is 19.8 Å². The van der Waals surface area contributed by atoms with Gasteiger partial charge in [-0.1, -0.05) is 84.9 Å². The highest BCUT2D eigenvalue weighted by molar-refractivity contribution is 6.01. The smallest absolute Gasteiger partial charge is 0.309 e. The van der Waals surface area contributed by atoms with Crippen LogP contribution in [-0.2, 0) is 16.0 Å². The van der Waals surface area contributed by atoms with Crippen LogP contribution in [0.4, 0.5) is 0 Å². The van der Waals surface area contributed by atoms with E-state index in [4.69, 9.17) is 21.6 Å². The molecule has 5 N–H and O–H groups in total. The molecular weight excluding hydrogens is 498 g/mol. The van der Waals surface area contributed by atoms with Crippen LogP contribution < -0.4 is 11.5 Å². The first-order valence-corrected chi connectivity index (χ1v) is 13.1. The van der Waals surface area contributed by atoms with Gasteiger partial charge in [0.25, 0.3) is 0 Å². The summed E-state index contributed by atoms with van der Waals surface area (Å²) in [6.07, 6.45) is 2.74. The molecule has 4 aromatic carbocycles. The van der Waals surface area contributed by atoms with Crippen LogP contribution in [0, 0.1) is 18.3 Å². The largest absolute Gasteiger partial charge is 0.469 e. The molecule has 0 saturated carbocycles. The summed E-state index contributed by atoms with van der Waals surface area (Å²) >= 11 is 0. The maximum Gasteiger partial charge on any atom is 0.309 e. The number of carbonyl (C=O) groups excluding carboxylic acids is 2. The molecule has 0 aliphatic rings. The number of benzene rings is 4. The molecule has 0 aliphatic heterocycles. The fraction of sp³-hybridized carbons (Fsp3) is 0.147. The first kappa shape index (κ1) is 28.0. The molecule has 1 atom stereocenters. The van der Waals surface area contributed by atoms with E-state index in [9.17, 15) is 9.59 Å². The minimum atomic E-state index is -0.529. The molecular formula is C34H33N3O3. The van der Waals surface area contributed by atoms with E-state index in [1.165, 1.54) is 7.11 Å². The number of aryl methyl sites for hydroxylation is 1. The summed E-state index contributed by atoms with van der Waals surface area (Å²) in [5.74, 6) is -1.41. The second kappa shape index (κ2) is 12.7.